The SMILES string of the molecule is Cc1nc(N/N=C/c2cc([N+](=O)[O-])cc(Br)c2O)sc1C. The molecule has 0 saturated heterocycles. The number of non-ortho nitro benzene ring substituents is 1. The molecule has 0 aliphatic carbocycles. The van der Waals surface area contributed by atoms with Crippen LogP contribution in [0, 0.1) is 24.0 Å². The molecule has 21 heavy (non-hydrogen) atoms. The van der Waals surface area contributed by atoms with Crippen LogP contribution in [0.25, 0.3) is 0 Å². The summed E-state index contributed by atoms with van der Waals surface area (Å²) in [6.07, 6.45) is 1.30. The maximum atomic E-state index is 10.8. The number of anilines is 1. The fourth-order valence-corrected chi connectivity index (χ4v) is 2.71. The number of benzene rings is 1. The predicted octanol–water partition coefficient (Wildman–Crippen LogP) is 3.58. The van der Waals surface area contributed by atoms with Gasteiger partial charge in [0, 0.05) is 22.6 Å². The first-order valence-electron chi connectivity index (χ1n) is 5.78. The molecule has 110 valence electrons. The number of nitro benzene ring substituents is 1. The van der Waals surface area contributed by atoms with Crippen molar-refractivity contribution >= 4 is 44.3 Å². The van der Waals surface area contributed by atoms with Crippen molar-refractivity contribution in [1.29, 1.82) is 0 Å². The number of aromatic nitrogens is 1. The summed E-state index contributed by atoms with van der Waals surface area (Å²) in [5, 5.41) is 25.2. The quantitative estimate of drug-likeness (QED) is 0.486. The van der Waals surface area contributed by atoms with Gasteiger partial charge in [-0.2, -0.15) is 5.10 Å². The maximum absolute atomic E-state index is 10.8. The molecule has 0 amide bonds. The molecule has 0 atom stereocenters. The average Bonchev–Trinajstić information content (AvgIpc) is 2.73. The summed E-state index contributed by atoms with van der Waals surface area (Å²) < 4.78 is 0.235. The number of aryl methyl sites for hydroxylation is 2. The summed E-state index contributed by atoms with van der Waals surface area (Å²) in [4.78, 5) is 15.6. The van der Waals surface area contributed by atoms with Gasteiger partial charge >= 0.3 is 0 Å². The molecule has 1 aromatic carbocycles. The van der Waals surface area contributed by atoms with Crippen LogP contribution in [0.2, 0.25) is 0 Å². The van der Waals surface area contributed by atoms with Gasteiger partial charge in [-0.3, -0.25) is 15.5 Å². The van der Waals surface area contributed by atoms with Crippen LogP contribution in [0.15, 0.2) is 21.7 Å². The van der Waals surface area contributed by atoms with Gasteiger partial charge in [0.15, 0.2) is 0 Å². The molecule has 0 spiro atoms. The van der Waals surface area contributed by atoms with Crippen LogP contribution in [0.5, 0.6) is 5.75 Å². The molecule has 1 aromatic heterocycles. The van der Waals surface area contributed by atoms with E-state index in [0.29, 0.717) is 5.13 Å². The second kappa shape index (κ2) is 6.19. The first kappa shape index (κ1) is 15.4. The van der Waals surface area contributed by atoms with Crippen LogP contribution in [-0.2, 0) is 0 Å². The Morgan fingerprint density at radius 2 is 2.24 bits per heavy atom. The van der Waals surface area contributed by atoms with Crippen molar-refractivity contribution < 1.29 is 10.0 Å². The first-order valence-corrected chi connectivity index (χ1v) is 7.39. The summed E-state index contributed by atoms with van der Waals surface area (Å²) in [5.74, 6) is -0.113. The average molecular weight is 371 g/mol. The lowest BCUT2D eigenvalue weighted by Crippen LogP contribution is -1.94. The Morgan fingerprint density at radius 3 is 2.81 bits per heavy atom. The van der Waals surface area contributed by atoms with Crippen molar-refractivity contribution in [3.8, 4) is 5.75 Å². The number of thiazole rings is 1. The third-order valence-corrected chi connectivity index (χ3v) is 4.26. The van der Waals surface area contributed by atoms with E-state index in [2.05, 4.69) is 31.4 Å². The van der Waals surface area contributed by atoms with Crippen LogP contribution in [0.3, 0.4) is 0 Å². The summed E-state index contributed by atoms with van der Waals surface area (Å²) in [7, 11) is 0. The van der Waals surface area contributed by atoms with E-state index in [1.807, 2.05) is 13.8 Å². The van der Waals surface area contributed by atoms with E-state index in [0.717, 1.165) is 10.6 Å². The first-order chi connectivity index (χ1) is 9.88. The van der Waals surface area contributed by atoms with Crippen LogP contribution < -0.4 is 5.43 Å². The zero-order chi connectivity index (χ0) is 15.6. The Kier molecular flexibility index (Phi) is 4.53. The van der Waals surface area contributed by atoms with Gasteiger partial charge in [-0.25, -0.2) is 4.98 Å². The van der Waals surface area contributed by atoms with Gasteiger partial charge in [0.25, 0.3) is 5.69 Å². The van der Waals surface area contributed by atoms with E-state index in [9.17, 15) is 15.2 Å². The molecule has 2 N–H and O–H groups in total. The Balaban J connectivity index is 2.22. The number of hydrazone groups is 1. The number of aromatic hydroxyl groups is 1. The highest BCUT2D eigenvalue weighted by Gasteiger charge is 2.13. The Hall–Kier alpha value is -2.00. The van der Waals surface area contributed by atoms with Crippen molar-refractivity contribution in [3.63, 3.8) is 0 Å². The molecule has 7 nitrogen and oxygen atoms in total. The van der Waals surface area contributed by atoms with Gasteiger partial charge in [-0.1, -0.05) is 0 Å². The third-order valence-electron chi connectivity index (χ3n) is 2.68. The van der Waals surface area contributed by atoms with E-state index in [1.54, 1.807) is 0 Å². The van der Waals surface area contributed by atoms with Crippen molar-refractivity contribution in [2.45, 2.75) is 13.8 Å². The summed E-state index contributed by atoms with van der Waals surface area (Å²) in [6, 6.07) is 2.47. The minimum Gasteiger partial charge on any atom is -0.506 e. The van der Waals surface area contributed by atoms with Gasteiger partial charge in [0.2, 0.25) is 5.13 Å². The van der Waals surface area contributed by atoms with Crippen molar-refractivity contribution in [1.82, 2.24) is 4.98 Å². The van der Waals surface area contributed by atoms with E-state index in [4.69, 9.17) is 0 Å². The lowest BCUT2D eigenvalue weighted by atomic mass is 10.2. The molecule has 2 aromatic rings. The molecular weight excluding hydrogens is 360 g/mol. The van der Waals surface area contributed by atoms with Gasteiger partial charge in [-0.15, -0.1) is 11.3 Å². The number of hydrogen-bond donors (Lipinski definition) is 2. The largest absolute Gasteiger partial charge is 0.506 e. The Labute approximate surface area is 132 Å². The van der Waals surface area contributed by atoms with Gasteiger partial charge in [-0.05, 0) is 29.8 Å². The third kappa shape index (κ3) is 3.56. The maximum Gasteiger partial charge on any atom is 0.271 e. The van der Waals surface area contributed by atoms with Crippen molar-refractivity contribution in [3.05, 3.63) is 42.9 Å². The normalized spacial score (nSPS) is 11.0. The zero-order valence-electron chi connectivity index (χ0n) is 11.1. The van der Waals surface area contributed by atoms with Gasteiger partial charge in [0.05, 0.1) is 21.3 Å². The highest BCUT2D eigenvalue weighted by atomic mass is 79.9. The number of hydrogen-bond acceptors (Lipinski definition) is 7. The molecule has 2 rings (SSSR count). The van der Waals surface area contributed by atoms with Crippen LogP contribution in [0.1, 0.15) is 16.1 Å². The van der Waals surface area contributed by atoms with E-state index < -0.39 is 4.92 Å². The number of halogens is 1. The van der Waals surface area contributed by atoms with E-state index in [-0.39, 0.29) is 21.5 Å². The van der Waals surface area contributed by atoms with Gasteiger partial charge < -0.3 is 5.11 Å². The summed E-state index contributed by atoms with van der Waals surface area (Å²) in [6.45, 7) is 3.84. The van der Waals surface area contributed by atoms with E-state index in [1.165, 1.54) is 29.7 Å². The molecule has 0 bridgehead atoms. The second-order valence-electron chi connectivity index (χ2n) is 4.15. The number of phenolic OH excluding ortho intramolecular Hbond substituents is 1. The Morgan fingerprint density at radius 1 is 1.52 bits per heavy atom. The van der Waals surface area contributed by atoms with Crippen LogP contribution in [-0.4, -0.2) is 21.2 Å². The topological polar surface area (TPSA) is 101 Å². The fraction of sp³-hybridized carbons (Fsp3) is 0.167. The highest BCUT2D eigenvalue weighted by Crippen LogP contribution is 2.31. The number of rotatable bonds is 4. The lowest BCUT2D eigenvalue weighted by Gasteiger charge is -2.02. The molecule has 0 radical (unpaired) electrons. The Bertz CT molecular complexity index is 710. The fourth-order valence-electron chi connectivity index (χ4n) is 1.49. The highest BCUT2D eigenvalue weighted by molar-refractivity contribution is 9.10. The zero-order valence-corrected chi connectivity index (χ0v) is 13.5. The molecule has 0 unspecified atom stereocenters. The molecule has 1 heterocycles. The monoisotopic (exact) mass is 370 g/mol. The minimum absolute atomic E-state index is 0.113. The van der Waals surface area contributed by atoms with Crippen LogP contribution >= 0.6 is 27.3 Å². The molecule has 0 aliphatic heterocycles. The second-order valence-corrected chi connectivity index (χ2v) is 6.21. The van der Waals surface area contributed by atoms with Crippen LogP contribution in [0.4, 0.5) is 10.8 Å². The molecule has 0 saturated carbocycles. The molecule has 9 heteroatoms. The van der Waals surface area contributed by atoms with E-state index >= 15 is 0 Å². The number of phenols is 1. The number of nitrogens with one attached hydrogen (secondary N) is 1. The minimum atomic E-state index is -0.539. The number of nitrogens with zero attached hydrogens (tertiary/aromatic N) is 3. The molecule has 0 fully saturated rings. The van der Waals surface area contributed by atoms with Crippen molar-refractivity contribution in [2.75, 3.05) is 5.43 Å². The summed E-state index contributed by atoms with van der Waals surface area (Å²) in [5.41, 5.74) is 3.74. The lowest BCUT2D eigenvalue weighted by molar-refractivity contribution is -0.385. The van der Waals surface area contributed by atoms with Gasteiger partial charge in [0.1, 0.15) is 5.75 Å². The molecule has 0 aliphatic rings. The standard InChI is InChI=1S/C12H11BrN4O3S/c1-6-7(2)21-12(15-6)16-14-5-8-3-9(17(19)20)4-10(13)11(8)18/h3-5,18H,1-2H3,(H,15,16)/b14-5+. The smallest absolute Gasteiger partial charge is 0.271 e. The number of nitro groups is 1. The molecular formula is C12H11BrN4O3S. The summed E-state index contributed by atoms with van der Waals surface area (Å²) >= 11 is 4.52. The van der Waals surface area contributed by atoms with Crippen molar-refractivity contribution in [2.24, 2.45) is 5.10 Å². The predicted molar refractivity (Wildman–Crippen MR) is 85.3 cm³/mol.